The molecule has 0 saturated carbocycles. The van der Waals surface area contributed by atoms with Crippen LogP contribution in [0.1, 0.15) is 26.3 Å². The van der Waals surface area contributed by atoms with E-state index in [4.69, 9.17) is 18.9 Å². The molecular formula is C23H17NO6. The normalized spacial score (nSPS) is 13.5. The van der Waals surface area contributed by atoms with Crippen LogP contribution in [-0.4, -0.2) is 31.0 Å². The molecule has 150 valence electrons. The van der Waals surface area contributed by atoms with E-state index in [1.54, 1.807) is 48.8 Å². The molecule has 0 unspecified atom stereocenters. The molecule has 0 saturated heterocycles. The predicted octanol–water partition coefficient (Wildman–Crippen LogP) is 3.93. The number of hydrogen-bond donors (Lipinski definition) is 0. The van der Waals surface area contributed by atoms with Gasteiger partial charge >= 0.3 is 5.97 Å². The molecule has 1 aliphatic heterocycles. The van der Waals surface area contributed by atoms with Crippen molar-refractivity contribution in [2.24, 2.45) is 0 Å². The van der Waals surface area contributed by atoms with Crippen LogP contribution in [0.3, 0.4) is 0 Å². The summed E-state index contributed by atoms with van der Waals surface area (Å²) in [6.07, 6.45) is 4.89. The Morgan fingerprint density at radius 2 is 1.87 bits per heavy atom. The minimum atomic E-state index is -0.577. The Hall–Kier alpha value is -4.13. The number of ketones is 1. The first-order valence-electron chi connectivity index (χ1n) is 9.01. The third-order valence-corrected chi connectivity index (χ3v) is 4.45. The Bertz CT molecular complexity index is 1150. The number of carbonyl (C=O) groups is 2. The van der Waals surface area contributed by atoms with Gasteiger partial charge in [-0.15, -0.1) is 0 Å². The molecule has 0 spiro atoms. The number of nitrogens with zero attached hydrogens (tertiary/aromatic N) is 1. The fourth-order valence-electron chi connectivity index (χ4n) is 2.97. The van der Waals surface area contributed by atoms with Gasteiger partial charge in [-0.05, 0) is 48.0 Å². The highest BCUT2D eigenvalue weighted by Crippen LogP contribution is 2.35. The van der Waals surface area contributed by atoms with Gasteiger partial charge in [-0.1, -0.05) is 6.07 Å². The number of rotatable bonds is 5. The third kappa shape index (κ3) is 3.73. The van der Waals surface area contributed by atoms with Crippen molar-refractivity contribution < 1.29 is 28.5 Å². The topological polar surface area (TPSA) is 84.0 Å². The van der Waals surface area contributed by atoms with Crippen LogP contribution >= 0.6 is 0 Å². The van der Waals surface area contributed by atoms with E-state index in [2.05, 4.69) is 4.98 Å². The largest absolute Gasteiger partial charge is 0.493 e. The van der Waals surface area contributed by atoms with Crippen LogP contribution in [0.2, 0.25) is 0 Å². The van der Waals surface area contributed by atoms with E-state index >= 15 is 0 Å². The van der Waals surface area contributed by atoms with E-state index in [1.807, 2.05) is 6.07 Å². The Morgan fingerprint density at radius 1 is 1.03 bits per heavy atom. The van der Waals surface area contributed by atoms with E-state index in [0.29, 0.717) is 28.4 Å². The molecule has 4 rings (SSSR count). The highest BCUT2D eigenvalue weighted by Gasteiger charge is 2.28. The van der Waals surface area contributed by atoms with E-state index < -0.39 is 5.97 Å². The molecular weight excluding hydrogens is 386 g/mol. The lowest BCUT2D eigenvalue weighted by Crippen LogP contribution is -2.09. The molecule has 0 aliphatic carbocycles. The van der Waals surface area contributed by atoms with Crippen LogP contribution in [-0.2, 0) is 0 Å². The van der Waals surface area contributed by atoms with Crippen LogP contribution in [0.15, 0.2) is 66.7 Å². The maximum atomic E-state index is 12.5. The van der Waals surface area contributed by atoms with E-state index in [1.165, 1.54) is 26.4 Å². The van der Waals surface area contributed by atoms with E-state index in [-0.39, 0.29) is 17.3 Å². The Labute approximate surface area is 172 Å². The maximum absolute atomic E-state index is 12.5. The highest BCUT2D eigenvalue weighted by molar-refractivity contribution is 6.14. The van der Waals surface area contributed by atoms with Crippen molar-refractivity contribution in [1.82, 2.24) is 4.98 Å². The predicted molar refractivity (Wildman–Crippen MR) is 108 cm³/mol. The summed E-state index contributed by atoms with van der Waals surface area (Å²) in [5.74, 6) is 0.863. The standard InChI is InChI=1S/C23H17NO6/c1-27-18-8-5-15(11-20(18)28-2)23(26)29-16-6-7-17-19(12-16)30-21(22(17)25)10-14-4-3-9-24-13-14/h3-13H,1-2H3. The number of esters is 1. The van der Waals surface area contributed by atoms with Crippen molar-refractivity contribution in [3.8, 4) is 23.0 Å². The first kappa shape index (κ1) is 19.2. The third-order valence-electron chi connectivity index (χ3n) is 4.45. The second-order valence-electron chi connectivity index (χ2n) is 6.34. The Kier molecular flexibility index (Phi) is 5.17. The number of hydrogen-bond acceptors (Lipinski definition) is 7. The lowest BCUT2D eigenvalue weighted by molar-refractivity contribution is 0.0734. The van der Waals surface area contributed by atoms with Gasteiger partial charge in [0.2, 0.25) is 5.78 Å². The quantitative estimate of drug-likeness (QED) is 0.362. The van der Waals surface area contributed by atoms with E-state index in [9.17, 15) is 9.59 Å². The van der Waals surface area contributed by atoms with Gasteiger partial charge < -0.3 is 18.9 Å². The maximum Gasteiger partial charge on any atom is 0.343 e. The molecule has 2 heterocycles. The molecule has 7 heteroatoms. The smallest absolute Gasteiger partial charge is 0.343 e. The average Bonchev–Trinajstić information content (AvgIpc) is 3.08. The number of benzene rings is 2. The second-order valence-corrected chi connectivity index (χ2v) is 6.34. The van der Waals surface area contributed by atoms with Gasteiger partial charge in [0, 0.05) is 18.5 Å². The molecule has 1 aromatic heterocycles. The Balaban J connectivity index is 1.54. The van der Waals surface area contributed by atoms with Crippen molar-refractivity contribution in [1.29, 1.82) is 0 Å². The van der Waals surface area contributed by atoms with E-state index in [0.717, 1.165) is 5.56 Å². The van der Waals surface area contributed by atoms with Crippen molar-refractivity contribution >= 4 is 17.8 Å². The van der Waals surface area contributed by atoms with Gasteiger partial charge in [0.25, 0.3) is 0 Å². The number of allylic oxidation sites excluding steroid dienone is 1. The zero-order chi connectivity index (χ0) is 21.1. The number of aromatic nitrogens is 1. The van der Waals surface area contributed by atoms with Gasteiger partial charge in [-0.2, -0.15) is 0 Å². The fourth-order valence-corrected chi connectivity index (χ4v) is 2.97. The first-order valence-corrected chi connectivity index (χ1v) is 9.01. The highest BCUT2D eigenvalue weighted by atomic mass is 16.5. The first-order chi connectivity index (χ1) is 14.6. The van der Waals surface area contributed by atoms with Crippen molar-refractivity contribution in [2.45, 2.75) is 0 Å². The molecule has 7 nitrogen and oxygen atoms in total. The number of methoxy groups -OCH3 is 2. The number of Topliss-reactive ketones (excluding diaryl/α,β-unsaturated/α-hetero) is 1. The van der Waals surface area contributed by atoms with Gasteiger partial charge in [0.05, 0.1) is 25.3 Å². The minimum absolute atomic E-state index is 0.182. The van der Waals surface area contributed by atoms with Gasteiger partial charge in [-0.25, -0.2) is 4.79 Å². The van der Waals surface area contributed by atoms with Gasteiger partial charge in [-0.3, -0.25) is 9.78 Å². The average molecular weight is 403 g/mol. The van der Waals surface area contributed by atoms with Crippen molar-refractivity contribution in [3.05, 3.63) is 83.4 Å². The molecule has 0 N–H and O–H groups in total. The van der Waals surface area contributed by atoms with Crippen LogP contribution in [0.5, 0.6) is 23.0 Å². The molecule has 0 amide bonds. The number of ether oxygens (including phenoxy) is 4. The molecule has 0 bridgehead atoms. The summed E-state index contributed by atoms with van der Waals surface area (Å²) in [6.45, 7) is 0. The van der Waals surface area contributed by atoms with Gasteiger partial charge in [0.15, 0.2) is 17.3 Å². The zero-order valence-corrected chi connectivity index (χ0v) is 16.2. The Morgan fingerprint density at radius 3 is 2.60 bits per heavy atom. The summed E-state index contributed by atoms with van der Waals surface area (Å²) < 4.78 is 21.5. The summed E-state index contributed by atoms with van der Waals surface area (Å²) in [7, 11) is 3.00. The molecule has 0 atom stereocenters. The van der Waals surface area contributed by atoms with Crippen LogP contribution in [0.4, 0.5) is 0 Å². The second kappa shape index (κ2) is 8.08. The molecule has 0 fully saturated rings. The number of pyridine rings is 1. The van der Waals surface area contributed by atoms with Crippen LogP contribution in [0, 0.1) is 0 Å². The zero-order valence-electron chi connectivity index (χ0n) is 16.2. The van der Waals surface area contributed by atoms with Crippen molar-refractivity contribution in [3.63, 3.8) is 0 Å². The molecule has 2 aromatic carbocycles. The summed E-state index contributed by atoms with van der Waals surface area (Å²) in [5.41, 5.74) is 1.44. The van der Waals surface area contributed by atoms with Crippen molar-refractivity contribution in [2.75, 3.05) is 14.2 Å². The summed E-state index contributed by atoms with van der Waals surface area (Å²) in [4.78, 5) is 29.1. The molecule has 1 aliphatic rings. The molecule has 30 heavy (non-hydrogen) atoms. The fraction of sp³-hybridized carbons (Fsp3) is 0.0870. The number of fused-ring (bicyclic) bond motifs is 1. The monoisotopic (exact) mass is 403 g/mol. The summed E-state index contributed by atoms with van der Waals surface area (Å²) in [5, 5.41) is 0. The SMILES string of the molecule is COc1ccc(C(=O)Oc2ccc3c(c2)OC(=Cc2cccnc2)C3=O)cc1OC. The molecule has 0 radical (unpaired) electrons. The molecule has 3 aromatic rings. The van der Waals surface area contributed by atoms with Gasteiger partial charge in [0.1, 0.15) is 11.5 Å². The lowest BCUT2D eigenvalue weighted by Gasteiger charge is -2.10. The van der Waals surface area contributed by atoms with Crippen LogP contribution in [0.25, 0.3) is 6.08 Å². The number of carbonyl (C=O) groups excluding carboxylic acids is 2. The lowest BCUT2D eigenvalue weighted by atomic mass is 10.1. The minimum Gasteiger partial charge on any atom is -0.493 e. The summed E-state index contributed by atoms with van der Waals surface area (Å²) >= 11 is 0. The van der Waals surface area contributed by atoms with Crippen LogP contribution < -0.4 is 18.9 Å². The summed E-state index contributed by atoms with van der Waals surface area (Å²) in [6, 6.07) is 12.9.